The largest absolute Gasteiger partial charge is 0.497 e. The van der Waals surface area contributed by atoms with Crippen molar-refractivity contribution in [3.05, 3.63) is 29.8 Å². The number of carboxylic acid groups (broad SMARTS) is 1. The second-order valence-corrected chi connectivity index (χ2v) is 4.89. The molecular weight excluding hydrogens is 216 g/mol. The molecule has 0 bridgehead atoms. The topological polar surface area (TPSA) is 46.5 Å². The van der Waals surface area contributed by atoms with E-state index in [1.165, 1.54) is 5.56 Å². The van der Waals surface area contributed by atoms with Gasteiger partial charge in [0.2, 0.25) is 0 Å². The zero-order chi connectivity index (χ0) is 12.9. The number of benzene rings is 1. The standard InChI is InChI=1S/C14H20O3/c1-14(2,13(15)16)10-4-5-11-6-8-12(17-3)9-7-11/h6-9H,4-5,10H2,1-3H3,(H,15,16). The van der Waals surface area contributed by atoms with Crippen molar-refractivity contribution >= 4 is 5.97 Å². The number of carboxylic acids is 1. The summed E-state index contributed by atoms with van der Waals surface area (Å²) in [4.78, 5) is 10.9. The molecule has 0 radical (unpaired) electrons. The lowest BCUT2D eigenvalue weighted by molar-refractivity contribution is -0.147. The molecule has 3 nitrogen and oxygen atoms in total. The molecule has 0 aliphatic rings. The minimum absolute atomic E-state index is 0.632. The lowest BCUT2D eigenvalue weighted by Crippen LogP contribution is -2.23. The van der Waals surface area contributed by atoms with E-state index < -0.39 is 11.4 Å². The maximum absolute atomic E-state index is 10.9. The van der Waals surface area contributed by atoms with Crippen molar-refractivity contribution in [1.82, 2.24) is 0 Å². The second-order valence-electron chi connectivity index (χ2n) is 4.89. The number of ether oxygens (including phenoxy) is 1. The fourth-order valence-corrected chi connectivity index (χ4v) is 1.63. The molecule has 1 rings (SSSR count). The molecule has 1 aromatic carbocycles. The van der Waals surface area contributed by atoms with Gasteiger partial charge in [-0.2, -0.15) is 0 Å². The van der Waals surface area contributed by atoms with Crippen LogP contribution in [0.1, 0.15) is 32.3 Å². The Labute approximate surface area is 102 Å². The van der Waals surface area contributed by atoms with Crippen LogP contribution in [0.5, 0.6) is 5.75 Å². The van der Waals surface area contributed by atoms with Crippen LogP contribution in [0, 0.1) is 5.41 Å². The van der Waals surface area contributed by atoms with Gasteiger partial charge in [0.15, 0.2) is 0 Å². The Morgan fingerprint density at radius 1 is 1.29 bits per heavy atom. The lowest BCUT2D eigenvalue weighted by atomic mass is 9.87. The van der Waals surface area contributed by atoms with Crippen molar-refractivity contribution in [1.29, 1.82) is 0 Å². The van der Waals surface area contributed by atoms with Crippen molar-refractivity contribution in [2.24, 2.45) is 5.41 Å². The molecule has 3 heteroatoms. The molecule has 0 unspecified atom stereocenters. The fourth-order valence-electron chi connectivity index (χ4n) is 1.63. The average molecular weight is 236 g/mol. The van der Waals surface area contributed by atoms with Crippen molar-refractivity contribution in [2.75, 3.05) is 7.11 Å². The van der Waals surface area contributed by atoms with Gasteiger partial charge in [-0.05, 0) is 50.8 Å². The van der Waals surface area contributed by atoms with Gasteiger partial charge in [-0.15, -0.1) is 0 Å². The molecule has 0 amide bonds. The molecule has 0 heterocycles. The van der Waals surface area contributed by atoms with Crippen LogP contribution in [-0.4, -0.2) is 18.2 Å². The summed E-state index contributed by atoms with van der Waals surface area (Å²) in [5.41, 5.74) is 0.582. The monoisotopic (exact) mass is 236 g/mol. The van der Waals surface area contributed by atoms with E-state index in [2.05, 4.69) is 0 Å². The summed E-state index contributed by atoms with van der Waals surface area (Å²) < 4.78 is 5.08. The van der Waals surface area contributed by atoms with E-state index in [-0.39, 0.29) is 0 Å². The van der Waals surface area contributed by atoms with Crippen LogP contribution in [0.25, 0.3) is 0 Å². The zero-order valence-electron chi connectivity index (χ0n) is 10.7. The number of rotatable bonds is 6. The highest BCUT2D eigenvalue weighted by atomic mass is 16.5. The predicted molar refractivity (Wildman–Crippen MR) is 67.3 cm³/mol. The van der Waals surface area contributed by atoms with Crippen LogP contribution in [0.3, 0.4) is 0 Å². The van der Waals surface area contributed by atoms with Crippen molar-refractivity contribution in [3.8, 4) is 5.75 Å². The molecule has 0 atom stereocenters. The normalized spacial score (nSPS) is 11.2. The van der Waals surface area contributed by atoms with Gasteiger partial charge in [0.25, 0.3) is 0 Å². The molecule has 1 aromatic rings. The quantitative estimate of drug-likeness (QED) is 0.825. The van der Waals surface area contributed by atoms with Gasteiger partial charge < -0.3 is 9.84 Å². The van der Waals surface area contributed by atoms with Gasteiger partial charge in [0.05, 0.1) is 12.5 Å². The summed E-state index contributed by atoms with van der Waals surface area (Å²) in [5.74, 6) is 0.117. The minimum Gasteiger partial charge on any atom is -0.497 e. The Balaban J connectivity index is 2.43. The summed E-state index contributed by atoms with van der Waals surface area (Å²) in [6.07, 6.45) is 2.47. The average Bonchev–Trinajstić information content (AvgIpc) is 2.29. The Morgan fingerprint density at radius 3 is 2.35 bits per heavy atom. The van der Waals surface area contributed by atoms with Gasteiger partial charge in [-0.1, -0.05) is 12.1 Å². The summed E-state index contributed by atoms with van der Waals surface area (Å²) in [5, 5.41) is 8.99. The van der Waals surface area contributed by atoms with Crippen molar-refractivity contribution < 1.29 is 14.6 Å². The van der Waals surface area contributed by atoms with Crippen LogP contribution < -0.4 is 4.74 Å². The van der Waals surface area contributed by atoms with Gasteiger partial charge in [0.1, 0.15) is 5.75 Å². The van der Waals surface area contributed by atoms with Gasteiger partial charge in [-0.3, -0.25) is 4.79 Å². The molecule has 0 aliphatic heterocycles. The third kappa shape index (κ3) is 4.10. The van der Waals surface area contributed by atoms with Crippen molar-refractivity contribution in [2.45, 2.75) is 33.1 Å². The van der Waals surface area contributed by atoms with Crippen LogP contribution >= 0.6 is 0 Å². The summed E-state index contributed by atoms with van der Waals surface area (Å²) in [6, 6.07) is 7.90. The van der Waals surface area contributed by atoms with Gasteiger partial charge in [-0.25, -0.2) is 0 Å². The molecule has 1 N–H and O–H groups in total. The molecule has 94 valence electrons. The zero-order valence-corrected chi connectivity index (χ0v) is 10.7. The molecule has 0 fully saturated rings. The van der Waals surface area contributed by atoms with Crippen LogP contribution in [0.2, 0.25) is 0 Å². The van der Waals surface area contributed by atoms with E-state index in [4.69, 9.17) is 9.84 Å². The molecule has 0 aliphatic carbocycles. The van der Waals surface area contributed by atoms with E-state index in [1.807, 2.05) is 24.3 Å². The number of aliphatic carboxylic acids is 1. The summed E-state index contributed by atoms with van der Waals surface area (Å²) in [6.45, 7) is 3.53. The van der Waals surface area contributed by atoms with Gasteiger partial charge in [0, 0.05) is 0 Å². The van der Waals surface area contributed by atoms with E-state index in [9.17, 15) is 4.79 Å². The minimum atomic E-state index is -0.729. The number of carbonyl (C=O) groups is 1. The highest BCUT2D eigenvalue weighted by Crippen LogP contribution is 2.24. The highest BCUT2D eigenvalue weighted by molar-refractivity contribution is 5.73. The lowest BCUT2D eigenvalue weighted by Gasteiger charge is -2.18. The fraction of sp³-hybridized carbons (Fsp3) is 0.500. The molecule has 0 aromatic heterocycles. The molecule has 0 spiro atoms. The predicted octanol–water partition coefficient (Wildman–Crippen LogP) is 3.13. The van der Waals surface area contributed by atoms with E-state index in [1.54, 1.807) is 21.0 Å². The number of methoxy groups -OCH3 is 1. The first-order chi connectivity index (χ1) is 7.95. The van der Waals surface area contributed by atoms with E-state index >= 15 is 0 Å². The van der Waals surface area contributed by atoms with Crippen LogP contribution in [-0.2, 0) is 11.2 Å². The smallest absolute Gasteiger partial charge is 0.309 e. The highest BCUT2D eigenvalue weighted by Gasteiger charge is 2.25. The first-order valence-corrected chi connectivity index (χ1v) is 5.82. The maximum atomic E-state index is 10.9. The summed E-state index contributed by atoms with van der Waals surface area (Å²) in [7, 11) is 1.64. The first kappa shape index (κ1) is 13.6. The van der Waals surface area contributed by atoms with Crippen LogP contribution in [0.4, 0.5) is 0 Å². The second kappa shape index (κ2) is 5.71. The maximum Gasteiger partial charge on any atom is 0.309 e. The number of aryl methyl sites for hydroxylation is 1. The Hall–Kier alpha value is -1.51. The number of hydrogen-bond acceptors (Lipinski definition) is 2. The molecule has 0 saturated carbocycles. The summed E-state index contributed by atoms with van der Waals surface area (Å²) >= 11 is 0. The van der Waals surface area contributed by atoms with Crippen molar-refractivity contribution in [3.63, 3.8) is 0 Å². The molecular formula is C14H20O3. The molecule has 0 saturated heterocycles. The van der Waals surface area contributed by atoms with Crippen LogP contribution in [0.15, 0.2) is 24.3 Å². The Morgan fingerprint density at radius 2 is 1.88 bits per heavy atom. The third-order valence-electron chi connectivity index (χ3n) is 3.01. The SMILES string of the molecule is COc1ccc(CCCC(C)(C)C(=O)O)cc1. The number of hydrogen-bond donors (Lipinski definition) is 1. The Kier molecular flexibility index (Phi) is 4.55. The Bertz CT molecular complexity index is 366. The van der Waals surface area contributed by atoms with Gasteiger partial charge >= 0.3 is 5.97 Å². The van der Waals surface area contributed by atoms with E-state index in [0.29, 0.717) is 6.42 Å². The molecule has 17 heavy (non-hydrogen) atoms. The first-order valence-electron chi connectivity index (χ1n) is 5.82. The van der Waals surface area contributed by atoms with E-state index in [0.717, 1.165) is 18.6 Å². The third-order valence-corrected chi connectivity index (χ3v) is 3.01.